The van der Waals surface area contributed by atoms with E-state index in [2.05, 4.69) is 45.1 Å². The molecule has 0 bridgehead atoms. The minimum Gasteiger partial charge on any atom is -0.633 e. The second kappa shape index (κ2) is 14.3. The highest BCUT2D eigenvalue weighted by Gasteiger charge is 2.14. The lowest BCUT2D eigenvalue weighted by Gasteiger charge is -2.43. The first-order chi connectivity index (χ1) is 10.2. The van der Waals surface area contributed by atoms with Crippen molar-refractivity contribution in [3.8, 4) is 0 Å². The number of unbranched alkanes of at least 4 members (excludes halogenated alkanes) is 6. The summed E-state index contributed by atoms with van der Waals surface area (Å²) in [5, 5.41) is 12.8. The van der Waals surface area contributed by atoms with Gasteiger partial charge in [0.2, 0.25) is 0 Å². The van der Waals surface area contributed by atoms with E-state index in [9.17, 15) is 5.21 Å². The topological polar surface area (TPSA) is 23.1 Å². The highest BCUT2D eigenvalue weighted by Crippen LogP contribution is 2.14. The molecule has 0 aliphatic rings. The van der Waals surface area contributed by atoms with Crippen LogP contribution in [-0.2, 0) is 0 Å². The number of quaternary nitrogens is 1. The van der Waals surface area contributed by atoms with Gasteiger partial charge in [0.15, 0.2) is 0 Å². The van der Waals surface area contributed by atoms with Crippen molar-refractivity contribution in [2.75, 3.05) is 19.6 Å². The zero-order valence-corrected chi connectivity index (χ0v) is 14.7. The van der Waals surface area contributed by atoms with Gasteiger partial charge < -0.3 is 9.85 Å². The van der Waals surface area contributed by atoms with Gasteiger partial charge in [-0.05, 0) is 71.6 Å². The summed E-state index contributed by atoms with van der Waals surface area (Å²) in [4.78, 5) is 0. The Labute approximate surface area is 133 Å². The van der Waals surface area contributed by atoms with Crippen LogP contribution in [0.15, 0.2) is 24.3 Å². The average molecular weight is 296 g/mol. The smallest absolute Gasteiger partial charge is 0.0783 e. The Kier molecular flexibility index (Phi) is 13.9. The second-order valence-corrected chi connectivity index (χ2v) is 6.07. The Balaban J connectivity index is 3.82. The first-order valence-electron chi connectivity index (χ1n) is 8.98. The van der Waals surface area contributed by atoms with Crippen LogP contribution in [-0.4, -0.2) is 24.3 Å². The summed E-state index contributed by atoms with van der Waals surface area (Å²) in [5.41, 5.74) is 0. The number of rotatable bonds is 14. The number of hydroxylamine groups is 3. The Bertz CT molecular complexity index is 249. The van der Waals surface area contributed by atoms with Gasteiger partial charge in [-0.2, -0.15) is 0 Å². The number of hydrogen-bond acceptors (Lipinski definition) is 1. The molecule has 0 aliphatic carbocycles. The monoisotopic (exact) mass is 295 g/mol. The molecule has 0 radical (unpaired) electrons. The fourth-order valence-electron chi connectivity index (χ4n) is 2.75. The molecule has 21 heavy (non-hydrogen) atoms. The van der Waals surface area contributed by atoms with Crippen LogP contribution in [0, 0.1) is 5.21 Å². The molecule has 2 nitrogen and oxygen atoms in total. The van der Waals surface area contributed by atoms with Crippen molar-refractivity contribution >= 4 is 0 Å². The highest BCUT2D eigenvalue weighted by molar-refractivity contribution is 4.76. The molecule has 0 spiro atoms. The SMILES string of the molecule is C/C=C/CCCCC[N+]([O-])(CCC)CCCCC/C=C/C. The molecular formula is C19H37NO. The Hall–Kier alpha value is -0.600. The van der Waals surface area contributed by atoms with Crippen molar-refractivity contribution in [1.29, 1.82) is 0 Å². The molecule has 0 aromatic rings. The van der Waals surface area contributed by atoms with E-state index in [4.69, 9.17) is 0 Å². The van der Waals surface area contributed by atoms with E-state index in [-0.39, 0.29) is 4.65 Å². The predicted octanol–water partition coefficient (Wildman–Crippen LogP) is 5.98. The standard InChI is InChI=1S/C19H37NO/c1-4-7-9-11-13-15-18-20(21,17-6-3)19-16-14-12-10-8-5-2/h4-5,7-8H,6,9-19H2,1-3H3/b7-4+,8-5+. The molecule has 0 saturated carbocycles. The number of hydrogen-bond donors (Lipinski definition) is 0. The van der Waals surface area contributed by atoms with Crippen LogP contribution in [0.3, 0.4) is 0 Å². The fourth-order valence-corrected chi connectivity index (χ4v) is 2.75. The van der Waals surface area contributed by atoms with Gasteiger partial charge in [0.05, 0.1) is 19.6 Å². The van der Waals surface area contributed by atoms with Crippen LogP contribution in [0.5, 0.6) is 0 Å². The van der Waals surface area contributed by atoms with E-state index in [1.807, 2.05) is 0 Å². The first kappa shape index (κ1) is 20.4. The molecule has 0 unspecified atom stereocenters. The summed E-state index contributed by atoms with van der Waals surface area (Å²) in [6.07, 6.45) is 19.0. The summed E-state index contributed by atoms with van der Waals surface area (Å²) in [5.74, 6) is 0. The highest BCUT2D eigenvalue weighted by atomic mass is 16.5. The molecule has 0 aliphatic heterocycles. The van der Waals surface area contributed by atoms with Crippen LogP contribution in [0.4, 0.5) is 0 Å². The summed E-state index contributed by atoms with van der Waals surface area (Å²) in [7, 11) is 0. The maximum absolute atomic E-state index is 12.8. The van der Waals surface area contributed by atoms with Gasteiger partial charge in [-0.25, -0.2) is 0 Å². The summed E-state index contributed by atoms with van der Waals surface area (Å²) in [6.45, 7) is 8.69. The van der Waals surface area contributed by atoms with E-state index < -0.39 is 0 Å². The van der Waals surface area contributed by atoms with Crippen LogP contribution in [0.2, 0.25) is 0 Å². The Morgan fingerprint density at radius 3 is 1.57 bits per heavy atom. The third kappa shape index (κ3) is 12.8. The maximum atomic E-state index is 12.8. The zero-order chi connectivity index (χ0) is 15.8. The summed E-state index contributed by atoms with van der Waals surface area (Å²) < 4.78 is 0.0454. The quantitative estimate of drug-likeness (QED) is 0.167. The molecule has 0 rings (SSSR count). The molecule has 0 aromatic heterocycles. The predicted molar refractivity (Wildman–Crippen MR) is 95.1 cm³/mol. The molecule has 0 saturated heterocycles. The molecule has 0 N–H and O–H groups in total. The molecule has 124 valence electrons. The Morgan fingerprint density at radius 1 is 0.714 bits per heavy atom. The van der Waals surface area contributed by atoms with Crippen molar-refractivity contribution in [3.05, 3.63) is 29.5 Å². The van der Waals surface area contributed by atoms with Crippen molar-refractivity contribution in [1.82, 2.24) is 0 Å². The van der Waals surface area contributed by atoms with Crippen LogP contribution >= 0.6 is 0 Å². The Morgan fingerprint density at radius 2 is 1.19 bits per heavy atom. The van der Waals surface area contributed by atoms with E-state index in [0.29, 0.717) is 0 Å². The van der Waals surface area contributed by atoms with Crippen molar-refractivity contribution in [2.24, 2.45) is 0 Å². The molecule has 0 amide bonds. The zero-order valence-electron chi connectivity index (χ0n) is 14.7. The lowest BCUT2D eigenvalue weighted by atomic mass is 10.1. The molecule has 0 aromatic carbocycles. The summed E-state index contributed by atoms with van der Waals surface area (Å²) >= 11 is 0. The van der Waals surface area contributed by atoms with Gasteiger partial charge in [0.25, 0.3) is 0 Å². The third-order valence-corrected chi connectivity index (χ3v) is 3.98. The molecule has 0 fully saturated rings. The van der Waals surface area contributed by atoms with Gasteiger partial charge in [0, 0.05) is 0 Å². The first-order valence-corrected chi connectivity index (χ1v) is 8.98. The lowest BCUT2D eigenvalue weighted by molar-refractivity contribution is -0.881. The van der Waals surface area contributed by atoms with Crippen LogP contribution in [0.1, 0.15) is 78.6 Å². The number of nitrogens with zero attached hydrogens (tertiary/aromatic N) is 1. The second-order valence-electron chi connectivity index (χ2n) is 6.07. The van der Waals surface area contributed by atoms with Crippen molar-refractivity contribution in [2.45, 2.75) is 78.6 Å². The third-order valence-electron chi connectivity index (χ3n) is 3.98. The minimum absolute atomic E-state index is 0.0454. The van der Waals surface area contributed by atoms with Gasteiger partial charge >= 0.3 is 0 Å². The minimum atomic E-state index is 0.0454. The van der Waals surface area contributed by atoms with Crippen molar-refractivity contribution < 1.29 is 4.65 Å². The van der Waals surface area contributed by atoms with Gasteiger partial charge in [0.1, 0.15) is 0 Å². The lowest BCUT2D eigenvalue weighted by Crippen LogP contribution is -2.44. The van der Waals surface area contributed by atoms with E-state index in [1.165, 1.54) is 25.7 Å². The van der Waals surface area contributed by atoms with Gasteiger partial charge in [-0.15, -0.1) is 0 Å². The number of allylic oxidation sites excluding steroid dienone is 4. The molecule has 0 atom stereocenters. The van der Waals surface area contributed by atoms with Crippen LogP contribution < -0.4 is 0 Å². The molecular weight excluding hydrogens is 258 g/mol. The van der Waals surface area contributed by atoms with Gasteiger partial charge in [-0.3, -0.25) is 0 Å². The normalized spacial score (nSPS) is 12.8. The van der Waals surface area contributed by atoms with E-state index in [1.54, 1.807) is 0 Å². The largest absolute Gasteiger partial charge is 0.633 e. The summed E-state index contributed by atoms with van der Waals surface area (Å²) in [6, 6.07) is 0. The maximum Gasteiger partial charge on any atom is 0.0783 e. The molecule has 2 heteroatoms. The van der Waals surface area contributed by atoms with E-state index >= 15 is 0 Å². The van der Waals surface area contributed by atoms with Crippen LogP contribution in [0.25, 0.3) is 0 Å². The molecule has 0 heterocycles. The fraction of sp³-hybridized carbons (Fsp3) is 0.789. The average Bonchev–Trinajstić information content (AvgIpc) is 2.47. The van der Waals surface area contributed by atoms with E-state index in [0.717, 1.165) is 51.7 Å². The van der Waals surface area contributed by atoms with Gasteiger partial charge in [-0.1, -0.05) is 31.2 Å². The van der Waals surface area contributed by atoms with Crippen molar-refractivity contribution in [3.63, 3.8) is 0 Å².